The fourth-order valence-electron chi connectivity index (χ4n) is 2.10. The molecule has 0 aromatic heterocycles. The number of nitrogens with two attached hydrogens (primary N) is 1. The van der Waals surface area contributed by atoms with Gasteiger partial charge in [-0.25, -0.2) is 4.39 Å². The van der Waals surface area contributed by atoms with Crippen LogP contribution in [0.25, 0.3) is 0 Å². The molecule has 1 aromatic rings. The van der Waals surface area contributed by atoms with E-state index in [1.807, 2.05) is 0 Å². The fraction of sp³-hybridized carbons (Fsp3) is 0.385. The molecule has 2 amide bonds. The number of rotatable bonds is 3. The second kappa shape index (κ2) is 5.36. The van der Waals surface area contributed by atoms with Crippen LogP contribution in [0.2, 0.25) is 0 Å². The Hall–Kier alpha value is -1.95. The minimum absolute atomic E-state index is 0.0740. The van der Waals surface area contributed by atoms with Gasteiger partial charge in [0.15, 0.2) is 0 Å². The maximum absolute atomic E-state index is 13.7. The van der Waals surface area contributed by atoms with Crippen molar-refractivity contribution < 1.29 is 14.0 Å². The van der Waals surface area contributed by atoms with E-state index in [9.17, 15) is 14.0 Å². The van der Waals surface area contributed by atoms with Crippen LogP contribution in [0, 0.1) is 5.82 Å². The Balaban J connectivity index is 2.20. The van der Waals surface area contributed by atoms with Gasteiger partial charge in [-0.1, -0.05) is 0 Å². The van der Waals surface area contributed by atoms with E-state index in [-0.39, 0.29) is 24.1 Å². The van der Waals surface area contributed by atoms with Crippen LogP contribution in [0.15, 0.2) is 18.2 Å². The number of hydrogen-bond acceptors (Lipinski definition) is 3. The van der Waals surface area contributed by atoms with E-state index in [1.54, 1.807) is 11.8 Å². The van der Waals surface area contributed by atoms with E-state index in [4.69, 9.17) is 5.73 Å². The van der Waals surface area contributed by atoms with Gasteiger partial charge >= 0.3 is 0 Å². The standard InChI is InChI=1S/C13H16FN3O2/c1-8-13(19)17(5-4-16-8)7-10-6-9(12(15)18)2-3-11(10)14/h2-3,6,8,16H,4-5,7H2,1H3,(H2,15,18). The predicted octanol–water partition coefficient (Wildman–Crippen LogP) is 0.245. The van der Waals surface area contributed by atoms with Crippen LogP contribution in [0.4, 0.5) is 4.39 Å². The Morgan fingerprint density at radius 3 is 3.00 bits per heavy atom. The molecular formula is C13H16FN3O2. The molecule has 102 valence electrons. The third kappa shape index (κ3) is 2.90. The molecule has 1 saturated heterocycles. The predicted molar refractivity (Wildman–Crippen MR) is 67.8 cm³/mol. The number of carbonyl (C=O) groups is 2. The van der Waals surface area contributed by atoms with Crippen molar-refractivity contribution in [3.8, 4) is 0 Å². The van der Waals surface area contributed by atoms with Gasteiger partial charge in [-0.15, -0.1) is 0 Å². The zero-order valence-corrected chi connectivity index (χ0v) is 10.6. The summed E-state index contributed by atoms with van der Waals surface area (Å²) in [5.74, 6) is -1.12. The number of piperazine rings is 1. The van der Waals surface area contributed by atoms with Crippen LogP contribution < -0.4 is 11.1 Å². The van der Waals surface area contributed by atoms with Crippen molar-refractivity contribution in [3.63, 3.8) is 0 Å². The highest BCUT2D eigenvalue weighted by Gasteiger charge is 2.25. The topological polar surface area (TPSA) is 75.4 Å². The average Bonchev–Trinajstić information content (AvgIpc) is 2.37. The summed E-state index contributed by atoms with van der Waals surface area (Å²) in [4.78, 5) is 24.6. The van der Waals surface area contributed by atoms with Gasteiger partial charge in [0.25, 0.3) is 0 Å². The number of amides is 2. The van der Waals surface area contributed by atoms with E-state index in [2.05, 4.69) is 5.32 Å². The maximum Gasteiger partial charge on any atom is 0.248 e. The van der Waals surface area contributed by atoms with Crippen molar-refractivity contribution in [3.05, 3.63) is 35.1 Å². The molecule has 0 spiro atoms. The van der Waals surface area contributed by atoms with Gasteiger partial charge in [0, 0.05) is 30.8 Å². The van der Waals surface area contributed by atoms with Gasteiger partial charge in [0.05, 0.1) is 6.04 Å². The maximum atomic E-state index is 13.7. The van der Waals surface area contributed by atoms with E-state index in [1.165, 1.54) is 18.2 Å². The largest absolute Gasteiger partial charge is 0.366 e. The molecule has 1 aliphatic heterocycles. The number of benzene rings is 1. The quantitative estimate of drug-likeness (QED) is 0.822. The molecule has 19 heavy (non-hydrogen) atoms. The lowest BCUT2D eigenvalue weighted by Gasteiger charge is -2.31. The number of nitrogens with one attached hydrogen (secondary N) is 1. The number of carbonyl (C=O) groups excluding carboxylic acids is 2. The van der Waals surface area contributed by atoms with Crippen LogP contribution >= 0.6 is 0 Å². The summed E-state index contributed by atoms with van der Waals surface area (Å²) in [6, 6.07) is 3.67. The van der Waals surface area contributed by atoms with Gasteiger partial charge in [-0.2, -0.15) is 0 Å². The van der Waals surface area contributed by atoms with Crippen LogP contribution in [0.3, 0.4) is 0 Å². The molecule has 2 rings (SSSR count). The molecule has 1 heterocycles. The van der Waals surface area contributed by atoms with Crippen LogP contribution in [0.5, 0.6) is 0 Å². The molecule has 1 aromatic carbocycles. The third-order valence-electron chi connectivity index (χ3n) is 3.21. The Kier molecular flexibility index (Phi) is 3.80. The van der Waals surface area contributed by atoms with Crippen molar-refractivity contribution in [2.45, 2.75) is 19.5 Å². The summed E-state index contributed by atoms with van der Waals surface area (Å²) in [5, 5.41) is 3.03. The summed E-state index contributed by atoms with van der Waals surface area (Å²) in [7, 11) is 0. The minimum atomic E-state index is -0.610. The van der Waals surface area contributed by atoms with Crippen LogP contribution in [0.1, 0.15) is 22.8 Å². The first-order valence-electron chi connectivity index (χ1n) is 6.09. The molecule has 0 bridgehead atoms. The van der Waals surface area contributed by atoms with Crippen LogP contribution in [-0.2, 0) is 11.3 Å². The molecule has 0 saturated carbocycles. The Bertz CT molecular complexity index is 519. The number of halogens is 1. The zero-order chi connectivity index (χ0) is 14.0. The first-order valence-corrected chi connectivity index (χ1v) is 6.09. The molecule has 6 heteroatoms. The Morgan fingerprint density at radius 2 is 2.32 bits per heavy atom. The molecule has 3 N–H and O–H groups in total. The lowest BCUT2D eigenvalue weighted by Crippen LogP contribution is -2.53. The summed E-state index contributed by atoms with van der Waals surface area (Å²) < 4.78 is 13.7. The van der Waals surface area contributed by atoms with Gasteiger partial charge in [0.2, 0.25) is 11.8 Å². The average molecular weight is 265 g/mol. The molecule has 1 fully saturated rings. The lowest BCUT2D eigenvalue weighted by atomic mass is 10.1. The molecule has 1 atom stereocenters. The SMILES string of the molecule is CC1NCCN(Cc2cc(C(N)=O)ccc2F)C1=O. The van der Waals surface area contributed by atoms with E-state index >= 15 is 0 Å². The Labute approximate surface area is 110 Å². The van der Waals surface area contributed by atoms with E-state index < -0.39 is 11.7 Å². The lowest BCUT2D eigenvalue weighted by molar-refractivity contribution is -0.135. The van der Waals surface area contributed by atoms with E-state index in [0.29, 0.717) is 18.7 Å². The smallest absolute Gasteiger partial charge is 0.248 e. The number of hydrogen-bond donors (Lipinski definition) is 2. The van der Waals surface area contributed by atoms with Gasteiger partial charge in [0.1, 0.15) is 5.82 Å². The summed E-state index contributed by atoms with van der Waals surface area (Å²) in [5.41, 5.74) is 5.71. The number of nitrogens with zero attached hydrogens (tertiary/aromatic N) is 1. The highest BCUT2D eigenvalue weighted by atomic mass is 19.1. The van der Waals surface area contributed by atoms with Gasteiger partial charge in [-0.3, -0.25) is 9.59 Å². The monoisotopic (exact) mass is 265 g/mol. The molecule has 1 aliphatic rings. The van der Waals surface area contributed by atoms with E-state index in [0.717, 1.165) is 0 Å². The van der Waals surface area contributed by atoms with Crippen molar-refractivity contribution in [1.82, 2.24) is 10.2 Å². The summed E-state index contributed by atoms with van der Waals surface area (Å²) in [6.07, 6.45) is 0. The number of primary amides is 1. The molecule has 1 unspecified atom stereocenters. The molecular weight excluding hydrogens is 249 g/mol. The molecule has 0 aliphatic carbocycles. The first-order chi connectivity index (χ1) is 8.99. The van der Waals surface area contributed by atoms with Crippen molar-refractivity contribution >= 4 is 11.8 Å². The molecule has 5 nitrogen and oxygen atoms in total. The van der Waals surface area contributed by atoms with Gasteiger partial charge < -0.3 is 16.0 Å². The normalized spacial score (nSPS) is 19.6. The van der Waals surface area contributed by atoms with Gasteiger partial charge in [-0.05, 0) is 25.1 Å². The minimum Gasteiger partial charge on any atom is -0.366 e. The fourth-order valence-corrected chi connectivity index (χ4v) is 2.10. The first kappa shape index (κ1) is 13.5. The Morgan fingerprint density at radius 1 is 1.58 bits per heavy atom. The second-order valence-electron chi connectivity index (χ2n) is 4.61. The highest BCUT2D eigenvalue weighted by molar-refractivity contribution is 5.93. The third-order valence-corrected chi connectivity index (χ3v) is 3.21. The zero-order valence-electron chi connectivity index (χ0n) is 10.6. The van der Waals surface area contributed by atoms with Crippen LogP contribution in [-0.4, -0.2) is 35.8 Å². The highest BCUT2D eigenvalue weighted by Crippen LogP contribution is 2.14. The second-order valence-corrected chi connectivity index (χ2v) is 4.61. The van der Waals surface area contributed by atoms with Crippen molar-refractivity contribution in [2.75, 3.05) is 13.1 Å². The van der Waals surface area contributed by atoms with Crippen molar-refractivity contribution in [1.29, 1.82) is 0 Å². The summed E-state index contributed by atoms with van der Waals surface area (Å²) >= 11 is 0. The van der Waals surface area contributed by atoms with Crippen molar-refractivity contribution in [2.24, 2.45) is 5.73 Å². The molecule has 0 radical (unpaired) electrons. The summed E-state index contributed by atoms with van der Waals surface area (Å²) in [6.45, 7) is 3.11.